The van der Waals surface area contributed by atoms with Crippen molar-refractivity contribution in [3.63, 3.8) is 0 Å². The molecule has 1 aromatic rings. The standard InChI is InChI=1S/C15H27N5O/c1-5-8-12-9-6-7-10-20(12)14-17-13(16-4)18-15(19-14)21-11(2)3/h11-12H,5-10H2,1-4H3,(H,16,17,18,19). The maximum atomic E-state index is 5.65. The van der Waals surface area contributed by atoms with Crippen LogP contribution in [0.25, 0.3) is 0 Å². The fourth-order valence-electron chi connectivity index (χ4n) is 2.75. The van der Waals surface area contributed by atoms with Crippen molar-refractivity contribution in [1.29, 1.82) is 0 Å². The van der Waals surface area contributed by atoms with Crippen LogP contribution in [0.5, 0.6) is 6.01 Å². The van der Waals surface area contributed by atoms with Gasteiger partial charge in [-0.2, -0.15) is 15.0 Å². The van der Waals surface area contributed by atoms with Gasteiger partial charge in [0.1, 0.15) is 0 Å². The predicted molar refractivity (Wildman–Crippen MR) is 85.0 cm³/mol. The van der Waals surface area contributed by atoms with E-state index in [-0.39, 0.29) is 6.10 Å². The lowest BCUT2D eigenvalue weighted by atomic mass is 9.99. The second-order valence-corrected chi connectivity index (χ2v) is 5.79. The molecule has 1 aliphatic rings. The second kappa shape index (κ2) is 7.43. The monoisotopic (exact) mass is 293 g/mol. The van der Waals surface area contributed by atoms with Gasteiger partial charge in [0.25, 0.3) is 0 Å². The number of ether oxygens (including phenoxy) is 1. The van der Waals surface area contributed by atoms with Gasteiger partial charge in [-0.3, -0.25) is 0 Å². The summed E-state index contributed by atoms with van der Waals surface area (Å²) >= 11 is 0. The largest absolute Gasteiger partial charge is 0.461 e. The van der Waals surface area contributed by atoms with Crippen molar-refractivity contribution in [3.05, 3.63) is 0 Å². The molecule has 0 radical (unpaired) electrons. The Morgan fingerprint density at radius 2 is 2.10 bits per heavy atom. The Morgan fingerprint density at radius 1 is 1.29 bits per heavy atom. The molecular formula is C15H27N5O. The van der Waals surface area contributed by atoms with Gasteiger partial charge in [0, 0.05) is 19.6 Å². The Balaban J connectivity index is 2.27. The quantitative estimate of drug-likeness (QED) is 0.870. The van der Waals surface area contributed by atoms with E-state index in [1.807, 2.05) is 20.9 Å². The highest BCUT2D eigenvalue weighted by molar-refractivity contribution is 5.39. The third-order valence-electron chi connectivity index (χ3n) is 3.67. The Morgan fingerprint density at radius 3 is 2.76 bits per heavy atom. The lowest BCUT2D eigenvalue weighted by Crippen LogP contribution is -2.40. The number of piperidine rings is 1. The molecule has 0 aliphatic carbocycles. The van der Waals surface area contributed by atoms with E-state index in [1.165, 1.54) is 32.1 Å². The fraction of sp³-hybridized carbons (Fsp3) is 0.800. The molecule has 0 amide bonds. The first kappa shape index (κ1) is 15.8. The predicted octanol–water partition coefficient (Wildman–Crippen LogP) is 2.86. The molecule has 2 rings (SSSR count). The molecule has 2 heterocycles. The first-order valence-corrected chi connectivity index (χ1v) is 8.01. The van der Waals surface area contributed by atoms with E-state index in [4.69, 9.17) is 4.74 Å². The van der Waals surface area contributed by atoms with Gasteiger partial charge in [0.2, 0.25) is 11.9 Å². The van der Waals surface area contributed by atoms with Crippen LogP contribution < -0.4 is 15.0 Å². The molecule has 1 saturated heterocycles. The summed E-state index contributed by atoms with van der Waals surface area (Å²) in [4.78, 5) is 15.6. The van der Waals surface area contributed by atoms with Crippen LogP contribution in [-0.4, -0.2) is 40.7 Å². The molecule has 0 spiro atoms. The molecular weight excluding hydrogens is 266 g/mol. The van der Waals surface area contributed by atoms with Gasteiger partial charge in [-0.15, -0.1) is 0 Å². The molecule has 1 atom stereocenters. The zero-order valence-electron chi connectivity index (χ0n) is 13.6. The molecule has 1 N–H and O–H groups in total. The summed E-state index contributed by atoms with van der Waals surface area (Å²) in [6, 6.07) is 0.933. The van der Waals surface area contributed by atoms with Crippen molar-refractivity contribution < 1.29 is 4.74 Å². The van der Waals surface area contributed by atoms with Crippen LogP contribution in [0.3, 0.4) is 0 Å². The molecule has 0 bridgehead atoms. The first-order chi connectivity index (χ1) is 10.1. The van der Waals surface area contributed by atoms with E-state index in [2.05, 4.69) is 32.1 Å². The third kappa shape index (κ3) is 4.19. The lowest BCUT2D eigenvalue weighted by Gasteiger charge is -2.35. The first-order valence-electron chi connectivity index (χ1n) is 8.01. The van der Waals surface area contributed by atoms with Gasteiger partial charge in [-0.25, -0.2) is 0 Å². The van der Waals surface area contributed by atoms with E-state index < -0.39 is 0 Å². The van der Waals surface area contributed by atoms with Gasteiger partial charge in [0.15, 0.2) is 0 Å². The van der Waals surface area contributed by atoms with Gasteiger partial charge in [0.05, 0.1) is 6.10 Å². The summed E-state index contributed by atoms with van der Waals surface area (Å²) in [5.41, 5.74) is 0. The Bertz CT molecular complexity index is 450. The minimum atomic E-state index is 0.0535. The van der Waals surface area contributed by atoms with E-state index in [1.54, 1.807) is 0 Å². The number of hydrogen-bond acceptors (Lipinski definition) is 6. The number of rotatable bonds is 6. The topological polar surface area (TPSA) is 63.2 Å². The molecule has 1 aliphatic heterocycles. The van der Waals surface area contributed by atoms with Crippen molar-refractivity contribution in [2.24, 2.45) is 0 Å². The number of hydrogen-bond donors (Lipinski definition) is 1. The average Bonchev–Trinajstić information content (AvgIpc) is 2.47. The van der Waals surface area contributed by atoms with Gasteiger partial charge in [-0.05, 0) is 39.5 Å². The molecule has 1 unspecified atom stereocenters. The molecule has 6 heteroatoms. The number of nitrogens with one attached hydrogen (secondary N) is 1. The van der Waals surface area contributed by atoms with Crippen LogP contribution in [0.15, 0.2) is 0 Å². The zero-order chi connectivity index (χ0) is 15.2. The van der Waals surface area contributed by atoms with Crippen molar-refractivity contribution in [3.8, 4) is 6.01 Å². The van der Waals surface area contributed by atoms with Crippen LogP contribution >= 0.6 is 0 Å². The Kier molecular flexibility index (Phi) is 5.59. The second-order valence-electron chi connectivity index (χ2n) is 5.79. The van der Waals surface area contributed by atoms with Crippen LogP contribution in [0.4, 0.5) is 11.9 Å². The lowest BCUT2D eigenvalue weighted by molar-refractivity contribution is 0.221. The maximum Gasteiger partial charge on any atom is 0.323 e. The van der Waals surface area contributed by atoms with Crippen molar-refractivity contribution in [2.45, 2.75) is 65.0 Å². The Labute approximate surface area is 127 Å². The minimum Gasteiger partial charge on any atom is -0.461 e. The molecule has 0 aromatic carbocycles. The number of aromatic nitrogens is 3. The molecule has 1 fully saturated rings. The summed E-state index contributed by atoms with van der Waals surface area (Å²) in [7, 11) is 1.82. The van der Waals surface area contributed by atoms with Crippen molar-refractivity contribution in [2.75, 3.05) is 23.8 Å². The summed E-state index contributed by atoms with van der Waals surface area (Å²) in [5, 5.41) is 3.00. The highest BCUT2D eigenvalue weighted by Crippen LogP contribution is 2.26. The van der Waals surface area contributed by atoms with E-state index in [9.17, 15) is 0 Å². The summed E-state index contributed by atoms with van der Waals surface area (Å²) in [5.74, 6) is 1.31. The van der Waals surface area contributed by atoms with Gasteiger partial charge in [-0.1, -0.05) is 13.3 Å². The molecule has 118 valence electrons. The minimum absolute atomic E-state index is 0.0535. The smallest absolute Gasteiger partial charge is 0.323 e. The number of anilines is 2. The third-order valence-corrected chi connectivity index (χ3v) is 3.67. The molecule has 1 aromatic heterocycles. The highest BCUT2D eigenvalue weighted by Gasteiger charge is 2.25. The Hall–Kier alpha value is -1.59. The maximum absolute atomic E-state index is 5.65. The summed E-state index contributed by atoms with van der Waals surface area (Å²) in [6.45, 7) is 7.19. The highest BCUT2D eigenvalue weighted by atomic mass is 16.5. The molecule has 0 saturated carbocycles. The number of nitrogens with zero attached hydrogens (tertiary/aromatic N) is 4. The SMILES string of the molecule is CCCC1CCCCN1c1nc(NC)nc(OC(C)C)n1. The van der Waals surface area contributed by atoms with Crippen LogP contribution in [-0.2, 0) is 0 Å². The van der Waals surface area contributed by atoms with Crippen LogP contribution in [0.2, 0.25) is 0 Å². The van der Waals surface area contributed by atoms with Crippen LogP contribution in [0.1, 0.15) is 52.9 Å². The van der Waals surface area contributed by atoms with E-state index >= 15 is 0 Å². The molecule has 6 nitrogen and oxygen atoms in total. The fourth-order valence-corrected chi connectivity index (χ4v) is 2.75. The summed E-state index contributed by atoms with van der Waals surface area (Å²) in [6.07, 6.45) is 6.12. The zero-order valence-corrected chi connectivity index (χ0v) is 13.6. The van der Waals surface area contributed by atoms with E-state index in [0.717, 1.165) is 12.5 Å². The molecule has 21 heavy (non-hydrogen) atoms. The van der Waals surface area contributed by atoms with Crippen molar-refractivity contribution in [1.82, 2.24) is 15.0 Å². The van der Waals surface area contributed by atoms with Crippen molar-refractivity contribution >= 4 is 11.9 Å². The normalized spacial score (nSPS) is 18.9. The summed E-state index contributed by atoms with van der Waals surface area (Å²) < 4.78 is 5.65. The van der Waals surface area contributed by atoms with Gasteiger partial charge < -0.3 is 15.0 Å². The van der Waals surface area contributed by atoms with Crippen LogP contribution in [0, 0.1) is 0 Å². The van der Waals surface area contributed by atoms with Gasteiger partial charge >= 0.3 is 6.01 Å². The average molecular weight is 293 g/mol. The van der Waals surface area contributed by atoms with E-state index in [0.29, 0.717) is 18.0 Å².